The van der Waals surface area contributed by atoms with E-state index in [0.29, 0.717) is 4.57 Å². The van der Waals surface area contributed by atoms with Crippen LogP contribution in [-0.4, -0.2) is 114 Å². The van der Waals surface area contributed by atoms with E-state index >= 15 is 0 Å². The molecule has 11 unspecified atom stereocenters. The van der Waals surface area contributed by atoms with Crippen molar-refractivity contribution in [3.8, 4) is 0 Å². The molecule has 0 radical (unpaired) electrons. The highest BCUT2D eigenvalue weighted by Gasteiger charge is 2.52. The van der Waals surface area contributed by atoms with E-state index in [0.717, 1.165) is 24.4 Å². The fourth-order valence-corrected chi connectivity index (χ4v) is 6.40. The number of H-pyrrole nitrogens is 1. The molecule has 21 nitrogen and oxygen atoms in total. The molecule has 2 saturated heterocycles. The number of phosphoric acid groups is 2. The number of aromatic nitrogens is 2. The zero-order valence-corrected chi connectivity index (χ0v) is 22.5. The highest BCUT2D eigenvalue weighted by Crippen LogP contribution is 2.57. The molecule has 0 aliphatic carbocycles. The fraction of sp³-hybridized carbons (Fsp3) is 0.579. The van der Waals surface area contributed by atoms with Gasteiger partial charge in [0.05, 0.1) is 13.2 Å². The van der Waals surface area contributed by atoms with Crippen molar-refractivity contribution in [2.75, 3.05) is 13.2 Å². The molecule has 0 spiro atoms. The van der Waals surface area contributed by atoms with Gasteiger partial charge in [-0.25, -0.2) is 9.11 Å². The Morgan fingerprint density at radius 1 is 0.905 bits per heavy atom. The van der Waals surface area contributed by atoms with Gasteiger partial charge in [0, 0.05) is 24.4 Å². The number of ether oxygens (including phenoxy) is 2. The van der Waals surface area contributed by atoms with Crippen LogP contribution in [0, 0.1) is 0 Å². The lowest BCUT2D eigenvalue weighted by Gasteiger charge is -2.46. The van der Waals surface area contributed by atoms with Crippen molar-refractivity contribution in [1.82, 2.24) is 14.5 Å². The first-order chi connectivity index (χ1) is 19.5. The summed E-state index contributed by atoms with van der Waals surface area (Å²) in [7, 11) is -12.0. The molecule has 23 heteroatoms. The van der Waals surface area contributed by atoms with E-state index in [1.807, 2.05) is 4.98 Å². The van der Waals surface area contributed by atoms with Crippen LogP contribution in [0.5, 0.6) is 0 Å². The fourth-order valence-electron chi connectivity index (χ4n) is 4.32. The third kappa shape index (κ3) is 6.69. The second-order valence-corrected chi connectivity index (χ2v) is 11.9. The minimum atomic E-state index is -6.09. The lowest BCUT2D eigenvalue weighted by atomic mass is 9.96. The minimum absolute atomic E-state index is 0.272. The van der Waals surface area contributed by atoms with Crippen molar-refractivity contribution >= 4 is 27.5 Å². The molecule has 4 heterocycles. The van der Waals surface area contributed by atoms with Crippen molar-refractivity contribution in [2.24, 2.45) is 0 Å². The molecular weight excluding hydrogens is 620 g/mol. The number of nitrogens with zero attached hydrogens (tertiary/aromatic N) is 2. The normalized spacial score (nSPS) is 36.3. The number of carbonyl (C=O) groups is 2. The van der Waals surface area contributed by atoms with Crippen LogP contribution in [0.25, 0.3) is 0 Å². The van der Waals surface area contributed by atoms with Gasteiger partial charge in [-0.3, -0.25) is 42.5 Å². The largest absolute Gasteiger partial charge is 0.756 e. The summed E-state index contributed by atoms with van der Waals surface area (Å²) in [6, 6.07) is -1.17. The smallest absolute Gasteiger partial charge is 0.330 e. The monoisotopic (exact) mass is 643 g/mol. The van der Waals surface area contributed by atoms with Crippen LogP contribution in [0.2, 0.25) is 0 Å². The predicted octanol–water partition coefficient (Wildman–Crippen LogP) is -6.12. The van der Waals surface area contributed by atoms with Crippen molar-refractivity contribution in [3.05, 3.63) is 45.3 Å². The van der Waals surface area contributed by atoms with Gasteiger partial charge in [0.25, 0.3) is 33.0 Å². The number of rotatable bonds is 10. The van der Waals surface area contributed by atoms with Crippen LogP contribution in [0.15, 0.2) is 34.0 Å². The van der Waals surface area contributed by atoms with E-state index in [1.54, 1.807) is 0 Å². The Bertz CT molecular complexity index is 1430. The molecule has 11 atom stereocenters. The molecule has 0 bridgehead atoms. The molecule has 6 N–H and O–H groups in total. The Kier molecular flexibility index (Phi) is 9.48. The molecule has 3 aliphatic heterocycles. The molecule has 0 saturated carbocycles. The molecule has 3 aliphatic rings. The average molecular weight is 643 g/mol. The average Bonchev–Trinajstić information content (AvgIpc) is 3.37. The van der Waals surface area contributed by atoms with Gasteiger partial charge in [0.15, 0.2) is 12.5 Å². The predicted molar refractivity (Wildman–Crippen MR) is 123 cm³/mol. The summed E-state index contributed by atoms with van der Waals surface area (Å²) in [5.74, 6) is -2.15. The number of aromatic amines is 1. The zero-order chi connectivity index (χ0) is 31.1. The number of carbonyl (C=O) groups excluding carboxylic acids is 2. The Morgan fingerprint density at radius 2 is 1.52 bits per heavy atom. The topological polar surface area (TPSA) is 320 Å². The van der Waals surface area contributed by atoms with Gasteiger partial charge in [0.1, 0.15) is 42.7 Å². The molecular formula is C19H23N3O18P2-2. The first kappa shape index (κ1) is 32.5. The van der Waals surface area contributed by atoms with Crippen molar-refractivity contribution in [2.45, 2.75) is 55.2 Å². The van der Waals surface area contributed by atoms with E-state index in [1.165, 1.54) is 0 Å². The number of aliphatic hydroxyl groups excluding tert-OH is 5. The summed E-state index contributed by atoms with van der Waals surface area (Å²) in [4.78, 5) is 74.4. The molecule has 234 valence electrons. The van der Waals surface area contributed by atoms with Gasteiger partial charge >= 0.3 is 5.69 Å². The second kappa shape index (κ2) is 12.3. The number of amides is 2. The lowest BCUT2D eigenvalue weighted by molar-refractivity contribution is -0.292. The van der Waals surface area contributed by atoms with Crippen molar-refractivity contribution < 1.29 is 76.9 Å². The highest BCUT2D eigenvalue weighted by molar-refractivity contribution is 7.59. The van der Waals surface area contributed by atoms with E-state index in [4.69, 9.17) is 9.47 Å². The zero-order valence-electron chi connectivity index (χ0n) is 20.8. The lowest BCUT2D eigenvalue weighted by Crippen LogP contribution is -2.65. The van der Waals surface area contributed by atoms with Crippen molar-refractivity contribution in [3.63, 3.8) is 0 Å². The van der Waals surface area contributed by atoms with Gasteiger partial charge < -0.3 is 49.3 Å². The van der Waals surface area contributed by atoms with Crippen LogP contribution >= 0.6 is 15.6 Å². The maximum atomic E-state index is 12.5. The SMILES string of the molecule is O=C1C=CC(=O)N1C1C(OP(=O)([O-])OP(=O)([O-])OCC2OC(n3ccc(=O)[nH]c3=O)C(O)C2O)OC(CO)C(O)C1O. The first-order valence-corrected chi connectivity index (χ1v) is 14.6. The summed E-state index contributed by atoms with van der Waals surface area (Å²) >= 11 is 0. The van der Waals surface area contributed by atoms with E-state index in [2.05, 4.69) is 13.4 Å². The number of hydrogen-bond acceptors (Lipinski definition) is 18. The summed E-state index contributed by atoms with van der Waals surface area (Å²) < 4.78 is 48.7. The molecule has 42 heavy (non-hydrogen) atoms. The molecule has 4 rings (SSSR count). The van der Waals surface area contributed by atoms with Gasteiger partial charge in [-0.2, -0.15) is 0 Å². The van der Waals surface area contributed by atoms with Crippen LogP contribution < -0.4 is 21.0 Å². The van der Waals surface area contributed by atoms with Crippen LogP contribution in [0.3, 0.4) is 0 Å². The maximum absolute atomic E-state index is 12.5. The van der Waals surface area contributed by atoms with Gasteiger partial charge in [-0.15, -0.1) is 0 Å². The van der Waals surface area contributed by atoms with E-state index in [9.17, 15) is 63.6 Å². The molecule has 2 fully saturated rings. The van der Waals surface area contributed by atoms with E-state index < -0.39 is 107 Å². The molecule has 1 aromatic rings. The number of phosphoric ester groups is 2. The Labute approximate surface area is 232 Å². The summed E-state index contributed by atoms with van der Waals surface area (Å²) in [5, 5.41) is 50.4. The van der Waals surface area contributed by atoms with Crippen LogP contribution in [0.4, 0.5) is 0 Å². The number of nitrogens with one attached hydrogen (secondary N) is 1. The van der Waals surface area contributed by atoms with Gasteiger partial charge in [-0.05, 0) is 0 Å². The molecule has 0 aromatic carbocycles. The second-order valence-electron chi connectivity index (χ2n) is 9.02. The maximum Gasteiger partial charge on any atom is 0.330 e. The minimum Gasteiger partial charge on any atom is -0.756 e. The Hall–Kier alpha value is -2.46. The number of imide groups is 1. The van der Waals surface area contributed by atoms with E-state index in [-0.39, 0.29) is 4.90 Å². The van der Waals surface area contributed by atoms with Gasteiger partial charge in [-0.1, -0.05) is 0 Å². The third-order valence-corrected chi connectivity index (χ3v) is 8.81. The van der Waals surface area contributed by atoms with Crippen LogP contribution in [0.1, 0.15) is 6.23 Å². The summed E-state index contributed by atoms with van der Waals surface area (Å²) in [5.41, 5.74) is -1.82. The first-order valence-electron chi connectivity index (χ1n) is 11.7. The van der Waals surface area contributed by atoms with Crippen molar-refractivity contribution in [1.29, 1.82) is 0 Å². The Balaban J connectivity index is 1.44. The quantitative estimate of drug-likeness (QED) is 0.102. The number of aliphatic hydroxyl groups is 5. The third-order valence-electron chi connectivity index (χ3n) is 6.28. The summed E-state index contributed by atoms with van der Waals surface area (Å²) in [6.07, 6.45) is -12.8. The van der Waals surface area contributed by atoms with Gasteiger partial charge in [0.2, 0.25) is 0 Å². The highest BCUT2D eigenvalue weighted by atomic mass is 31.3. The molecule has 1 aromatic heterocycles. The Morgan fingerprint density at radius 3 is 2.12 bits per heavy atom. The standard InChI is InChI=1S/C19H25N3O18P2/c23-5-7-13(27)15(29)12(22-10(25)1-2-11(22)26)18(38-7)39-42(34,35)40-41(32,33)36-6-8-14(28)16(30)17(37-8)21-4-3-9(24)20-19(21)31/h1-4,7-8,12-18,23,27-30H,5-6H2,(H,32,33)(H,34,35)(H,20,24,31)/p-2. The summed E-state index contributed by atoms with van der Waals surface area (Å²) in [6.45, 7) is -2.18. The van der Waals surface area contributed by atoms with Crippen LogP contribution in [-0.2, 0) is 41.6 Å². The molecule has 2 amide bonds. The number of hydrogen-bond donors (Lipinski definition) is 6.